The van der Waals surface area contributed by atoms with Gasteiger partial charge in [-0.3, -0.25) is 9.58 Å². The molecule has 0 unspecified atom stereocenters. The molecule has 4 rings (SSSR count). The molecule has 0 bridgehead atoms. The molecule has 0 aliphatic carbocycles. The van der Waals surface area contributed by atoms with Crippen LogP contribution >= 0.6 is 0 Å². The zero-order valence-corrected chi connectivity index (χ0v) is 15.1. The number of benzene rings is 1. The summed E-state index contributed by atoms with van der Waals surface area (Å²) in [5.74, 6) is 1.42. The highest BCUT2D eigenvalue weighted by Crippen LogP contribution is 2.42. The Morgan fingerprint density at radius 1 is 1.24 bits per heavy atom. The fourth-order valence-corrected chi connectivity index (χ4v) is 4.17. The van der Waals surface area contributed by atoms with E-state index in [9.17, 15) is 0 Å². The van der Waals surface area contributed by atoms with Crippen LogP contribution in [0, 0.1) is 0 Å². The zero-order chi connectivity index (χ0) is 17.3. The second-order valence-corrected chi connectivity index (χ2v) is 7.47. The lowest BCUT2D eigenvalue weighted by Gasteiger charge is -2.38. The summed E-state index contributed by atoms with van der Waals surface area (Å²) in [5, 5.41) is 4.31. The summed E-state index contributed by atoms with van der Waals surface area (Å²) < 4.78 is 13.4. The Bertz CT molecular complexity index is 702. The average Bonchev–Trinajstić information content (AvgIpc) is 3.25. The van der Waals surface area contributed by atoms with Crippen molar-refractivity contribution in [1.82, 2.24) is 14.7 Å². The summed E-state index contributed by atoms with van der Waals surface area (Å²) in [4.78, 5) is 2.54. The molecule has 2 fully saturated rings. The van der Waals surface area contributed by atoms with E-state index in [0.29, 0.717) is 5.92 Å². The number of rotatable bonds is 4. The number of methoxy groups -OCH3 is 1. The molecule has 1 spiro atoms. The molecular weight excluding hydrogens is 314 g/mol. The van der Waals surface area contributed by atoms with E-state index in [4.69, 9.17) is 9.47 Å². The minimum atomic E-state index is 0.0803. The van der Waals surface area contributed by atoms with E-state index in [0.717, 1.165) is 51.3 Å². The van der Waals surface area contributed by atoms with Crippen LogP contribution in [0.5, 0.6) is 5.75 Å². The lowest BCUT2D eigenvalue weighted by Crippen LogP contribution is -2.43. The number of aryl methyl sites for hydroxylation is 1. The molecule has 134 valence electrons. The topological polar surface area (TPSA) is 39.5 Å². The Morgan fingerprint density at radius 2 is 2.00 bits per heavy atom. The van der Waals surface area contributed by atoms with Gasteiger partial charge in [0.15, 0.2) is 0 Å². The van der Waals surface area contributed by atoms with Crippen molar-refractivity contribution < 1.29 is 9.47 Å². The molecule has 0 saturated carbocycles. The van der Waals surface area contributed by atoms with E-state index in [-0.39, 0.29) is 5.60 Å². The Balaban J connectivity index is 1.32. The average molecular weight is 341 g/mol. The molecule has 2 aliphatic heterocycles. The standard InChI is InChI=1S/C20H27N3O2/c1-22-14-18(12-21-22)17-11-20(25-15-17)7-9-23(10-8-20)13-16-3-5-19(24-2)6-4-16/h3-6,12,14,17H,7-11,13,15H2,1-2H3/t17-/m1/s1. The molecule has 1 aromatic heterocycles. The van der Waals surface area contributed by atoms with Gasteiger partial charge in [-0.15, -0.1) is 0 Å². The van der Waals surface area contributed by atoms with E-state index in [2.05, 4.69) is 28.3 Å². The van der Waals surface area contributed by atoms with Gasteiger partial charge in [0, 0.05) is 38.8 Å². The molecule has 0 amide bonds. The third kappa shape index (κ3) is 3.58. The van der Waals surface area contributed by atoms with Crippen LogP contribution in [-0.4, -0.2) is 47.1 Å². The van der Waals surface area contributed by atoms with Crippen LogP contribution in [-0.2, 0) is 18.3 Å². The first kappa shape index (κ1) is 16.6. The second-order valence-electron chi connectivity index (χ2n) is 7.47. The van der Waals surface area contributed by atoms with Gasteiger partial charge in [-0.05, 0) is 42.5 Å². The quantitative estimate of drug-likeness (QED) is 0.857. The monoisotopic (exact) mass is 341 g/mol. The number of piperidine rings is 1. The first-order chi connectivity index (χ1) is 12.2. The van der Waals surface area contributed by atoms with Gasteiger partial charge in [-0.2, -0.15) is 5.10 Å². The van der Waals surface area contributed by atoms with Crippen molar-refractivity contribution in [2.45, 2.75) is 37.3 Å². The number of nitrogens with zero attached hydrogens (tertiary/aromatic N) is 3. The van der Waals surface area contributed by atoms with Crippen LogP contribution in [0.1, 0.15) is 36.3 Å². The van der Waals surface area contributed by atoms with Gasteiger partial charge in [-0.1, -0.05) is 12.1 Å². The van der Waals surface area contributed by atoms with Crippen molar-refractivity contribution in [1.29, 1.82) is 0 Å². The molecule has 5 nitrogen and oxygen atoms in total. The summed E-state index contributed by atoms with van der Waals surface area (Å²) >= 11 is 0. The first-order valence-corrected chi connectivity index (χ1v) is 9.14. The smallest absolute Gasteiger partial charge is 0.118 e. The van der Waals surface area contributed by atoms with Crippen molar-refractivity contribution >= 4 is 0 Å². The Kier molecular flexibility index (Phi) is 4.52. The van der Waals surface area contributed by atoms with Gasteiger partial charge in [0.1, 0.15) is 5.75 Å². The van der Waals surface area contributed by atoms with Crippen LogP contribution in [0.2, 0.25) is 0 Å². The molecule has 5 heteroatoms. The van der Waals surface area contributed by atoms with E-state index in [1.165, 1.54) is 11.1 Å². The van der Waals surface area contributed by atoms with E-state index in [1.807, 2.05) is 30.1 Å². The molecule has 25 heavy (non-hydrogen) atoms. The number of hydrogen-bond donors (Lipinski definition) is 0. The molecule has 2 saturated heterocycles. The van der Waals surface area contributed by atoms with E-state index < -0.39 is 0 Å². The Morgan fingerprint density at radius 3 is 2.64 bits per heavy atom. The lowest BCUT2D eigenvalue weighted by molar-refractivity contribution is -0.0448. The molecule has 1 atom stereocenters. The van der Waals surface area contributed by atoms with Crippen molar-refractivity contribution in [2.75, 3.05) is 26.8 Å². The summed E-state index contributed by atoms with van der Waals surface area (Å²) in [6.45, 7) is 4.05. The highest BCUT2D eigenvalue weighted by atomic mass is 16.5. The van der Waals surface area contributed by atoms with Gasteiger partial charge in [0.25, 0.3) is 0 Å². The first-order valence-electron chi connectivity index (χ1n) is 9.14. The predicted octanol–water partition coefficient (Wildman–Crippen LogP) is 2.97. The number of ether oxygens (including phenoxy) is 2. The van der Waals surface area contributed by atoms with Crippen LogP contribution in [0.25, 0.3) is 0 Å². The highest BCUT2D eigenvalue weighted by molar-refractivity contribution is 5.27. The number of aromatic nitrogens is 2. The maximum absolute atomic E-state index is 6.31. The maximum atomic E-state index is 6.31. The molecule has 0 radical (unpaired) electrons. The normalized spacial score (nSPS) is 23.2. The van der Waals surface area contributed by atoms with Gasteiger partial charge in [0.05, 0.1) is 25.5 Å². The third-order valence-electron chi connectivity index (χ3n) is 5.74. The summed E-state index contributed by atoms with van der Waals surface area (Å²) in [6, 6.07) is 8.40. The number of likely N-dealkylation sites (tertiary alicyclic amines) is 1. The fraction of sp³-hybridized carbons (Fsp3) is 0.550. The fourth-order valence-electron chi connectivity index (χ4n) is 4.17. The molecule has 3 heterocycles. The Labute approximate surface area is 149 Å². The van der Waals surface area contributed by atoms with E-state index in [1.54, 1.807) is 7.11 Å². The summed E-state index contributed by atoms with van der Waals surface area (Å²) in [7, 11) is 3.69. The van der Waals surface area contributed by atoms with Crippen molar-refractivity contribution in [3.63, 3.8) is 0 Å². The van der Waals surface area contributed by atoms with Crippen LogP contribution in [0.3, 0.4) is 0 Å². The largest absolute Gasteiger partial charge is 0.497 e. The predicted molar refractivity (Wildman–Crippen MR) is 96.8 cm³/mol. The van der Waals surface area contributed by atoms with Crippen molar-refractivity contribution in [3.05, 3.63) is 47.8 Å². The molecule has 0 N–H and O–H groups in total. The van der Waals surface area contributed by atoms with Crippen molar-refractivity contribution in [2.24, 2.45) is 7.05 Å². The molecule has 2 aliphatic rings. The van der Waals surface area contributed by atoms with Crippen molar-refractivity contribution in [3.8, 4) is 5.75 Å². The van der Waals surface area contributed by atoms with E-state index >= 15 is 0 Å². The van der Waals surface area contributed by atoms with Gasteiger partial charge >= 0.3 is 0 Å². The van der Waals surface area contributed by atoms with Gasteiger partial charge in [0.2, 0.25) is 0 Å². The number of hydrogen-bond acceptors (Lipinski definition) is 4. The third-order valence-corrected chi connectivity index (χ3v) is 5.74. The minimum absolute atomic E-state index is 0.0803. The molecule has 1 aromatic carbocycles. The second kappa shape index (κ2) is 6.81. The summed E-state index contributed by atoms with van der Waals surface area (Å²) in [6.07, 6.45) is 7.51. The van der Waals surface area contributed by atoms with Crippen LogP contribution < -0.4 is 4.74 Å². The van der Waals surface area contributed by atoms with Gasteiger partial charge < -0.3 is 9.47 Å². The summed E-state index contributed by atoms with van der Waals surface area (Å²) in [5.41, 5.74) is 2.74. The maximum Gasteiger partial charge on any atom is 0.118 e. The lowest BCUT2D eigenvalue weighted by atomic mass is 9.84. The van der Waals surface area contributed by atoms with Gasteiger partial charge in [-0.25, -0.2) is 0 Å². The highest BCUT2D eigenvalue weighted by Gasteiger charge is 2.43. The van der Waals surface area contributed by atoms with Crippen LogP contribution in [0.15, 0.2) is 36.7 Å². The van der Waals surface area contributed by atoms with Crippen LogP contribution in [0.4, 0.5) is 0 Å². The SMILES string of the molecule is COc1ccc(CN2CCC3(CC2)C[C@@H](c2cnn(C)c2)CO3)cc1. The minimum Gasteiger partial charge on any atom is -0.497 e. The zero-order valence-electron chi connectivity index (χ0n) is 15.1. The molecule has 2 aromatic rings. The Hall–Kier alpha value is -1.85. The molecular formula is C20H27N3O2.